The maximum atomic E-state index is 13.2. The van der Waals surface area contributed by atoms with Crippen LogP contribution in [0.15, 0.2) is 65.7 Å². The zero-order valence-corrected chi connectivity index (χ0v) is 20.4. The molecule has 0 bridgehead atoms. The molecule has 1 amide bonds. The standard InChI is InChI=1S/C25H27ClN4O3S/c26-22-6-8-24(27-18-22)28-13-15-29(16-14-28)25(31)20-9-11-30(12-10-20)34(32,33)23-7-5-19-3-1-2-4-21(19)17-23/h1-8,17-18,20H,9-16H2. The number of hydrogen-bond acceptors (Lipinski definition) is 5. The minimum Gasteiger partial charge on any atom is -0.353 e. The second kappa shape index (κ2) is 9.52. The predicted molar refractivity (Wildman–Crippen MR) is 133 cm³/mol. The summed E-state index contributed by atoms with van der Waals surface area (Å²) in [4.78, 5) is 21.9. The molecular formula is C25H27ClN4O3S. The lowest BCUT2D eigenvalue weighted by Crippen LogP contribution is -2.52. The first kappa shape index (κ1) is 23.1. The maximum Gasteiger partial charge on any atom is 0.243 e. The van der Waals surface area contributed by atoms with Gasteiger partial charge >= 0.3 is 0 Å². The second-order valence-electron chi connectivity index (χ2n) is 8.83. The first-order valence-corrected chi connectivity index (χ1v) is 13.4. The summed E-state index contributed by atoms with van der Waals surface area (Å²) in [5.74, 6) is 0.860. The van der Waals surface area contributed by atoms with Gasteiger partial charge in [-0.3, -0.25) is 4.79 Å². The number of fused-ring (bicyclic) bond motifs is 1. The van der Waals surface area contributed by atoms with Crippen LogP contribution in [0, 0.1) is 5.92 Å². The Bertz CT molecular complexity index is 1280. The third-order valence-corrected chi connectivity index (χ3v) is 8.91. The summed E-state index contributed by atoms with van der Waals surface area (Å²) in [5.41, 5.74) is 0. The molecule has 1 aromatic heterocycles. The van der Waals surface area contributed by atoms with Gasteiger partial charge in [-0.05, 0) is 47.9 Å². The highest BCUT2D eigenvalue weighted by Gasteiger charge is 2.34. The minimum absolute atomic E-state index is 0.131. The van der Waals surface area contributed by atoms with Crippen molar-refractivity contribution in [1.29, 1.82) is 0 Å². The molecule has 5 rings (SSSR count). The highest BCUT2D eigenvalue weighted by atomic mass is 35.5. The second-order valence-corrected chi connectivity index (χ2v) is 11.2. The molecule has 0 saturated carbocycles. The van der Waals surface area contributed by atoms with Crippen LogP contribution in [0.3, 0.4) is 0 Å². The quantitative estimate of drug-likeness (QED) is 0.549. The average Bonchev–Trinajstić information content (AvgIpc) is 2.88. The Morgan fingerprint density at radius 3 is 2.26 bits per heavy atom. The summed E-state index contributed by atoms with van der Waals surface area (Å²) in [5, 5.41) is 2.52. The first-order valence-electron chi connectivity index (χ1n) is 11.6. The molecule has 0 N–H and O–H groups in total. The molecule has 2 fully saturated rings. The van der Waals surface area contributed by atoms with E-state index in [0.29, 0.717) is 48.9 Å². The van der Waals surface area contributed by atoms with Crippen LogP contribution in [0.1, 0.15) is 12.8 Å². The lowest BCUT2D eigenvalue weighted by atomic mass is 9.96. The van der Waals surface area contributed by atoms with E-state index in [1.165, 1.54) is 4.31 Å². The van der Waals surface area contributed by atoms with Crippen LogP contribution in [-0.4, -0.2) is 67.8 Å². The summed E-state index contributed by atoms with van der Waals surface area (Å²) < 4.78 is 27.9. The third kappa shape index (κ3) is 4.62. The Hall–Kier alpha value is -2.68. The topological polar surface area (TPSA) is 73.8 Å². The van der Waals surface area contributed by atoms with Crippen molar-refractivity contribution in [2.45, 2.75) is 17.7 Å². The Labute approximate surface area is 205 Å². The third-order valence-electron chi connectivity index (χ3n) is 6.79. The summed E-state index contributed by atoms with van der Waals surface area (Å²) in [6, 6.07) is 16.7. The lowest BCUT2D eigenvalue weighted by molar-refractivity contribution is -0.137. The molecule has 3 aromatic rings. The zero-order valence-electron chi connectivity index (χ0n) is 18.8. The number of hydrogen-bond donors (Lipinski definition) is 0. The first-order chi connectivity index (χ1) is 16.4. The number of sulfonamides is 1. The van der Waals surface area contributed by atoms with Crippen molar-refractivity contribution < 1.29 is 13.2 Å². The van der Waals surface area contributed by atoms with Gasteiger partial charge in [0.05, 0.1) is 9.92 Å². The number of benzene rings is 2. The van der Waals surface area contributed by atoms with Crippen molar-refractivity contribution in [3.8, 4) is 0 Å². The zero-order chi connectivity index (χ0) is 23.7. The summed E-state index contributed by atoms with van der Waals surface area (Å²) >= 11 is 5.92. The molecule has 2 aliphatic heterocycles. The molecule has 7 nitrogen and oxygen atoms in total. The van der Waals surface area contributed by atoms with Crippen molar-refractivity contribution in [3.63, 3.8) is 0 Å². The Kier molecular flexibility index (Phi) is 6.46. The summed E-state index contributed by atoms with van der Waals surface area (Å²) in [6.07, 6.45) is 2.73. The number of amides is 1. The monoisotopic (exact) mass is 498 g/mol. The van der Waals surface area contributed by atoms with E-state index in [9.17, 15) is 13.2 Å². The van der Waals surface area contributed by atoms with Gasteiger partial charge in [0.2, 0.25) is 15.9 Å². The van der Waals surface area contributed by atoms with Gasteiger partial charge in [0, 0.05) is 51.4 Å². The number of carbonyl (C=O) groups is 1. The van der Waals surface area contributed by atoms with Gasteiger partial charge in [0.1, 0.15) is 5.82 Å². The molecule has 178 valence electrons. The number of piperidine rings is 1. The van der Waals surface area contributed by atoms with Crippen molar-refractivity contribution in [2.24, 2.45) is 5.92 Å². The van der Waals surface area contributed by atoms with E-state index in [2.05, 4.69) is 9.88 Å². The molecule has 0 aliphatic carbocycles. The van der Waals surface area contributed by atoms with E-state index in [1.54, 1.807) is 18.3 Å². The Morgan fingerprint density at radius 2 is 1.59 bits per heavy atom. The van der Waals surface area contributed by atoms with E-state index < -0.39 is 10.0 Å². The van der Waals surface area contributed by atoms with Gasteiger partial charge in [-0.2, -0.15) is 4.31 Å². The van der Waals surface area contributed by atoms with Crippen molar-refractivity contribution in [3.05, 3.63) is 65.8 Å². The van der Waals surface area contributed by atoms with Gasteiger partial charge in [0.25, 0.3) is 0 Å². The summed E-state index contributed by atoms with van der Waals surface area (Å²) in [7, 11) is -3.58. The molecule has 2 aliphatic rings. The smallest absolute Gasteiger partial charge is 0.243 e. The van der Waals surface area contributed by atoms with Gasteiger partial charge in [-0.15, -0.1) is 0 Å². The number of anilines is 1. The normalized spacial score (nSPS) is 18.4. The molecule has 2 saturated heterocycles. The highest BCUT2D eigenvalue weighted by molar-refractivity contribution is 7.89. The molecular weight excluding hydrogens is 472 g/mol. The number of rotatable bonds is 4. The molecule has 0 spiro atoms. The molecule has 2 aromatic carbocycles. The number of aromatic nitrogens is 1. The number of carbonyl (C=O) groups excluding carboxylic acids is 1. The van der Waals surface area contributed by atoms with Crippen molar-refractivity contribution >= 4 is 44.1 Å². The lowest BCUT2D eigenvalue weighted by Gasteiger charge is -2.38. The SMILES string of the molecule is O=C(C1CCN(S(=O)(=O)c2ccc3ccccc3c2)CC1)N1CCN(c2ccc(Cl)cn2)CC1. The number of piperazine rings is 1. The average molecular weight is 499 g/mol. The number of halogens is 1. The van der Waals surface area contributed by atoms with Crippen LogP contribution < -0.4 is 4.90 Å². The van der Waals surface area contributed by atoms with Crippen LogP contribution in [0.25, 0.3) is 10.8 Å². The van der Waals surface area contributed by atoms with Gasteiger partial charge in [-0.1, -0.05) is 41.9 Å². The van der Waals surface area contributed by atoms with E-state index in [4.69, 9.17) is 11.6 Å². The fourth-order valence-corrected chi connectivity index (χ4v) is 6.41. The van der Waals surface area contributed by atoms with E-state index >= 15 is 0 Å². The molecule has 34 heavy (non-hydrogen) atoms. The van der Waals surface area contributed by atoms with Crippen LogP contribution >= 0.6 is 11.6 Å². The molecule has 0 unspecified atom stereocenters. The van der Waals surface area contributed by atoms with Crippen LogP contribution in [-0.2, 0) is 14.8 Å². The maximum absolute atomic E-state index is 13.2. The summed E-state index contributed by atoms with van der Waals surface area (Å²) in [6.45, 7) is 3.43. The minimum atomic E-state index is -3.58. The van der Waals surface area contributed by atoms with Crippen LogP contribution in [0.5, 0.6) is 0 Å². The molecule has 9 heteroatoms. The molecule has 0 atom stereocenters. The highest BCUT2D eigenvalue weighted by Crippen LogP contribution is 2.27. The van der Waals surface area contributed by atoms with E-state index in [0.717, 1.165) is 29.7 Å². The Morgan fingerprint density at radius 1 is 0.882 bits per heavy atom. The predicted octanol–water partition coefficient (Wildman–Crippen LogP) is 3.64. The van der Waals surface area contributed by atoms with Crippen molar-refractivity contribution in [1.82, 2.24) is 14.2 Å². The molecule has 0 radical (unpaired) electrons. The molecule has 3 heterocycles. The largest absolute Gasteiger partial charge is 0.353 e. The van der Waals surface area contributed by atoms with Gasteiger partial charge in [-0.25, -0.2) is 13.4 Å². The van der Waals surface area contributed by atoms with Crippen LogP contribution in [0.4, 0.5) is 5.82 Å². The van der Waals surface area contributed by atoms with Gasteiger partial charge < -0.3 is 9.80 Å². The fraction of sp³-hybridized carbons (Fsp3) is 0.360. The number of pyridine rings is 1. The Balaban J connectivity index is 1.18. The van der Waals surface area contributed by atoms with Crippen LogP contribution in [0.2, 0.25) is 5.02 Å². The van der Waals surface area contributed by atoms with Crippen molar-refractivity contribution in [2.75, 3.05) is 44.2 Å². The van der Waals surface area contributed by atoms with E-state index in [1.807, 2.05) is 47.4 Å². The fourth-order valence-electron chi connectivity index (χ4n) is 4.79. The van der Waals surface area contributed by atoms with Gasteiger partial charge in [0.15, 0.2) is 0 Å². The number of nitrogens with zero attached hydrogens (tertiary/aromatic N) is 4. The van der Waals surface area contributed by atoms with E-state index in [-0.39, 0.29) is 11.8 Å².